The highest BCUT2D eigenvalue weighted by atomic mass is 16.7. The van der Waals surface area contributed by atoms with Gasteiger partial charge < -0.3 is 14.2 Å². The second kappa shape index (κ2) is 5.89. The van der Waals surface area contributed by atoms with Crippen molar-refractivity contribution < 1.29 is 23.8 Å². The minimum atomic E-state index is -0.720. The van der Waals surface area contributed by atoms with E-state index < -0.39 is 17.9 Å². The number of allylic oxidation sites excluding steroid dienone is 1. The van der Waals surface area contributed by atoms with Crippen molar-refractivity contribution in [2.45, 2.75) is 45.3 Å². The highest BCUT2D eigenvalue weighted by molar-refractivity contribution is 5.73. The molecule has 1 rings (SSSR count). The first-order valence-electron chi connectivity index (χ1n) is 5.96. The number of methoxy groups -OCH3 is 1. The summed E-state index contributed by atoms with van der Waals surface area (Å²) in [4.78, 5) is 22.9. The van der Waals surface area contributed by atoms with E-state index in [1.165, 1.54) is 7.11 Å². The van der Waals surface area contributed by atoms with E-state index in [1.807, 2.05) is 6.08 Å². The van der Waals surface area contributed by atoms with Crippen LogP contribution in [-0.2, 0) is 19.0 Å². The minimum Gasteiger partial charge on any atom is -0.469 e. The highest BCUT2D eigenvalue weighted by Gasteiger charge is 2.28. The Bertz CT molecular complexity index is 340. The third-order valence-electron chi connectivity index (χ3n) is 2.46. The molecule has 0 fully saturated rings. The van der Waals surface area contributed by atoms with E-state index >= 15 is 0 Å². The Kier molecular flexibility index (Phi) is 4.76. The number of hydrogen-bond acceptors (Lipinski definition) is 5. The van der Waals surface area contributed by atoms with Crippen LogP contribution in [-0.4, -0.2) is 30.9 Å². The predicted octanol–water partition coefficient (Wildman–Crippen LogP) is 2.45. The zero-order chi connectivity index (χ0) is 13.8. The molecule has 0 aromatic carbocycles. The molecule has 0 N–H and O–H groups in total. The first kappa shape index (κ1) is 14.5. The molecule has 5 nitrogen and oxygen atoms in total. The van der Waals surface area contributed by atoms with Crippen molar-refractivity contribution in [3.8, 4) is 0 Å². The van der Waals surface area contributed by atoms with Gasteiger partial charge in [0.2, 0.25) is 0 Å². The molecule has 0 aromatic heterocycles. The number of rotatable bonds is 2. The molecular weight excluding hydrogens is 236 g/mol. The van der Waals surface area contributed by atoms with Gasteiger partial charge in [0, 0.05) is 6.42 Å². The monoisotopic (exact) mass is 256 g/mol. The van der Waals surface area contributed by atoms with Crippen molar-refractivity contribution >= 4 is 12.1 Å². The Labute approximate surface area is 107 Å². The lowest BCUT2D eigenvalue weighted by Crippen LogP contribution is -2.30. The van der Waals surface area contributed by atoms with Gasteiger partial charge in [0.05, 0.1) is 13.0 Å². The van der Waals surface area contributed by atoms with Gasteiger partial charge in [-0.2, -0.15) is 0 Å². The molecule has 0 bridgehead atoms. The van der Waals surface area contributed by atoms with E-state index in [2.05, 4.69) is 4.74 Å². The van der Waals surface area contributed by atoms with Crippen molar-refractivity contribution in [1.29, 1.82) is 0 Å². The lowest BCUT2D eigenvalue weighted by Gasteiger charge is -2.25. The van der Waals surface area contributed by atoms with Gasteiger partial charge in [-0.3, -0.25) is 4.79 Å². The lowest BCUT2D eigenvalue weighted by molar-refractivity contribution is -0.146. The van der Waals surface area contributed by atoms with Crippen LogP contribution >= 0.6 is 0 Å². The average molecular weight is 256 g/mol. The molecule has 102 valence electrons. The normalized spacial score (nSPS) is 23.3. The Balaban J connectivity index is 2.48. The van der Waals surface area contributed by atoms with Crippen LogP contribution in [0.2, 0.25) is 0 Å². The largest absolute Gasteiger partial charge is 0.509 e. The van der Waals surface area contributed by atoms with Gasteiger partial charge in [-0.15, -0.1) is 0 Å². The van der Waals surface area contributed by atoms with Crippen LogP contribution in [0, 0.1) is 5.92 Å². The summed E-state index contributed by atoms with van der Waals surface area (Å²) in [6.07, 6.45) is 3.48. The quantitative estimate of drug-likeness (QED) is 0.561. The van der Waals surface area contributed by atoms with Crippen molar-refractivity contribution in [3.63, 3.8) is 0 Å². The molecular formula is C13H20O5. The van der Waals surface area contributed by atoms with Gasteiger partial charge in [-0.1, -0.05) is 6.08 Å². The number of carbonyl (C=O) groups excluding carboxylic acids is 2. The maximum Gasteiger partial charge on any atom is 0.509 e. The van der Waals surface area contributed by atoms with Crippen LogP contribution in [0.25, 0.3) is 0 Å². The molecule has 2 atom stereocenters. The van der Waals surface area contributed by atoms with Crippen LogP contribution < -0.4 is 0 Å². The summed E-state index contributed by atoms with van der Waals surface area (Å²) in [7, 11) is 1.35. The van der Waals surface area contributed by atoms with Crippen LogP contribution in [0.1, 0.15) is 33.6 Å². The summed E-state index contributed by atoms with van der Waals surface area (Å²) in [5.41, 5.74) is -0.586. The van der Waals surface area contributed by atoms with E-state index in [9.17, 15) is 9.59 Å². The molecule has 0 saturated heterocycles. The topological polar surface area (TPSA) is 61.8 Å². The summed E-state index contributed by atoms with van der Waals surface area (Å²) < 4.78 is 14.9. The molecule has 0 saturated carbocycles. The number of carbonyl (C=O) groups is 2. The van der Waals surface area contributed by atoms with Gasteiger partial charge >= 0.3 is 12.1 Å². The molecule has 0 spiro atoms. The zero-order valence-electron chi connectivity index (χ0n) is 11.3. The predicted molar refractivity (Wildman–Crippen MR) is 65.0 cm³/mol. The fourth-order valence-corrected chi connectivity index (χ4v) is 1.69. The minimum absolute atomic E-state index is 0.257. The summed E-state index contributed by atoms with van der Waals surface area (Å²) in [6, 6.07) is 0. The van der Waals surface area contributed by atoms with E-state index in [-0.39, 0.29) is 11.9 Å². The molecule has 1 unspecified atom stereocenters. The second-order valence-corrected chi connectivity index (χ2v) is 5.24. The molecule has 0 radical (unpaired) electrons. The summed E-state index contributed by atoms with van der Waals surface area (Å²) in [5.74, 6) is -0.537. The number of ether oxygens (including phenoxy) is 3. The van der Waals surface area contributed by atoms with Crippen molar-refractivity contribution in [2.75, 3.05) is 7.11 Å². The standard InChI is InChI=1S/C13H20O5/c1-13(2,3)18-12(15)17-10-7-5-6-9(8-10)11(14)16-4/h5,7,9-10H,6,8H2,1-4H3/t9?,10-/m0/s1. The fraction of sp³-hybridized carbons (Fsp3) is 0.692. The summed E-state index contributed by atoms with van der Waals surface area (Å²) in [5, 5.41) is 0. The maximum absolute atomic E-state index is 11.5. The van der Waals surface area contributed by atoms with Crippen molar-refractivity contribution in [2.24, 2.45) is 5.92 Å². The third-order valence-corrected chi connectivity index (χ3v) is 2.46. The Hall–Kier alpha value is -1.52. The Morgan fingerprint density at radius 3 is 2.50 bits per heavy atom. The third kappa shape index (κ3) is 4.77. The van der Waals surface area contributed by atoms with Gasteiger partial charge in [-0.05, 0) is 33.3 Å². The van der Waals surface area contributed by atoms with Crippen LogP contribution in [0.4, 0.5) is 4.79 Å². The fourth-order valence-electron chi connectivity index (χ4n) is 1.69. The van der Waals surface area contributed by atoms with E-state index in [0.717, 1.165) is 0 Å². The molecule has 1 aliphatic rings. The first-order valence-corrected chi connectivity index (χ1v) is 5.96. The van der Waals surface area contributed by atoms with Crippen molar-refractivity contribution in [1.82, 2.24) is 0 Å². The number of esters is 1. The van der Waals surface area contributed by atoms with Gasteiger partial charge in [0.25, 0.3) is 0 Å². The highest BCUT2D eigenvalue weighted by Crippen LogP contribution is 2.23. The lowest BCUT2D eigenvalue weighted by atomic mass is 9.93. The Morgan fingerprint density at radius 2 is 1.94 bits per heavy atom. The average Bonchev–Trinajstić information content (AvgIpc) is 2.25. The van der Waals surface area contributed by atoms with Crippen molar-refractivity contribution in [3.05, 3.63) is 12.2 Å². The van der Waals surface area contributed by atoms with E-state index in [4.69, 9.17) is 9.47 Å². The molecule has 0 aromatic rings. The first-order chi connectivity index (χ1) is 8.31. The molecule has 0 heterocycles. The smallest absolute Gasteiger partial charge is 0.469 e. The van der Waals surface area contributed by atoms with Crippen LogP contribution in [0.3, 0.4) is 0 Å². The van der Waals surface area contributed by atoms with Crippen LogP contribution in [0.15, 0.2) is 12.2 Å². The second-order valence-electron chi connectivity index (χ2n) is 5.24. The Morgan fingerprint density at radius 1 is 1.28 bits per heavy atom. The van der Waals surface area contributed by atoms with Gasteiger partial charge in [-0.25, -0.2) is 4.79 Å². The van der Waals surface area contributed by atoms with Gasteiger partial charge in [0.15, 0.2) is 0 Å². The zero-order valence-corrected chi connectivity index (χ0v) is 11.3. The molecule has 5 heteroatoms. The number of hydrogen-bond donors (Lipinski definition) is 0. The molecule has 1 aliphatic carbocycles. The summed E-state index contributed by atoms with van der Waals surface area (Å²) in [6.45, 7) is 5.30. The van der Waals surface area contributed by atoms with E-state index in [1.54, 1.807) is 26.8 Å². The summed E-state index contributed by atoms with van der Waals surface area (Å²) >= 11 is 0. The SMILES string of the molecule is COC(=O)C1CC=C[C@H](OC(=O)OC(C)(C)C)C1. The van der Waals surface area contributed by atoms with Crippen LogP contribution in [0.5, 0.6) is 0 Å². The molecule has 0 amide bonds. The van der Waals surface area contributed by atoms with Gasteiger partial charge in [0.1, 0.15) is 11.7 Å². The maximum atomic E-state index is 11.5. The van der Waals surface area contributed by atoms with E-state index in [0.29, 0.717) is 12.8 Å². The molecule has 18 heavy (non-hydrogen) atoms. The molecule has 0 aliphatic heterocycles.